The fraction of sp³-hybridized carbons (Fsp3) is 0.200. The molecule has 0 unspecified atom stereocenters. The van der Waals surface area contributed by atoms with Crippen molar-refractivity contribution in [1.29, 1.82) is 0 Å². The van der Waals surface area contributed by atoms with E-state index in [2.05, 4.69) is 0 Å². The van der Waals surface area contributed by atoms with Crippen LogP contribution >= 0.6 is 0 Å². The van der Waals surface area contributed by atoms with E-state index in [1.165, 1.54) is 0 Å². The maximum absolute atomic E-state index is 12.3. The first-order valence-corrected chi connectivity index (χ1v) is 4.41. The predicted octanol–water partition coefficient (Wildman–Crippen LogP) is 2.85. The van der Waals surface area contributed by atoms with Gasteiger partial charge in [0.2, 0.25) is 5.78 Å². The van der Waals surface area contributed by atoms with E-state index in [1.807, 2.05) is 0 Å². The molecule has 0 amide bonds. The lowest BCUT2D eigenvalue weighted by Crippen LogP contribution is -2.17. The quantitative estimate of drug-likeness (QED) is 0.677. The minimum absolute atomic E-state index is 0.109. The zero-order valence-electron chi connectivity index (χ0n) is 8.46. The Kier molecular flexibility index (Phi) is 3.68. The maximum atomic E-state index is 12.3. The van der Waals surface area contributed by atoms with E-state index in [9.17, 15) is 31.5 Å². The lowest BCUT2D eigenvalue weighted by molar-refractivity contribution is -0.137. The van der Waals surface area contributed by atoms with E-state index in [4.69, 9.17) is 5.11 Å². The zero-order valence-corrected chi connectivity index (χ0v) is 8.46. The molecular weight excluding hydrogens is 263 g/mol. The first kappa shape index (κ1) is 14.1. The first-order valence-electron chi connectivity index (χ1n) is 4.41. The van der Waals surface area contributed by atoms with Gasteiger partial charge in [0.05, 0.1) is 11.1 Å². The van der Waals surface area contributed by atoms with Crippen molar-refractivity contribution >= 4 is 11.8 Å². The Hall–Kier alpha value is -1.99. The summed E-state index contributed by atoms with van der Waals surface area (Å²) in [6.07, 6.45) is -8.43. The molecule has 0 bridgehead atoms. The molecule has 0 heterocycles. The van der Waals surface area contributed by atoms with Gasteiger partial charge in [-0.3, -0.25) is 4.79 Å². The highest BCUT2D eigenvalue weighted by Crippen LogP contribution is 2.31. The molecule has 1 aromatic carbocycles. The van der Waals surface area contributed by atoms with Crippen molar-refractivity contribution in [3.05, 3.63) is 34.9 Å². The Morgan fingerprint density at radius 1 is 1.11 bits per heavy atom. The topological polar surface area (TPSA) is 54.4 Å². The average Bonchev–Trinajstić information content (AvgIpc) is 2.25. The minimum atomic E-state index is -4.85. The Bertz CT molecular complexity index is 493. The van der Waals surface area contributed by atoms with Gasteiger partial charge in [0.25, 0.3) is 0 Å². The third-order valence-electron chi connectivity index (χ3n) is 2.04. The molecule has 0 aliphatic heterocycles. The van der Waals surface area contributed by atoms with Crippen LogP contribution in [0.25, 0.3) is 0 Å². The number of hydrogen-bond acceptors (Lipinski definition) is 2. The van der Waals surface area contributed by atoms with E-state index in [-0.39, 0.29) is 6.07 Å². The third-order valence-corrected chi connectivity index (χ3v) is 2.04. The molecule has 0 spiro atoms. The summed E-state index contributed by atoms with van der Waals surface area (Å²) >= 11 is 0. The Balaban J connectivity index is 3.43. The molecule has 3 nitrogen and oxygen atoms in total. The highest BCUT2D eigenvalue weighted by atomic mass is 19.4. The lowest BCUT2D eigenvalue weighted by Gasteiger charge is -2.10. The van der Waals surface area contributed by atoms with Crippen molar-refractivity contribution in [3.63, 3.8) is 0 Å². The summed E-state index contributed by atoms with van der Waals surface area (Å²) < 4.78 is 61.3. The zero-order chi connectivity index (χ0) is 14.1. The van der Waals surface area contributed by atoms with Crippen LogP contribution in [-0.2, 0) is 6.18 Å². The summed E-state index contributed by atoms with van der Waals surface area (Å²) in [7, 11) is 0. The number of hydrogen-bond donors (Lipinski definition) is 1. The molecule has 18 heavy (non-hydrogen) atoms. The largest absolute Gasteiger partial charge is 0.478 e. The number of rotatable bonds is 3. The van der Waals surface area contributed by atoms with Crippen molar-refractivity contribution in [1.82, 2.24) is 0 Å². The molecule has 0 aliphatic carbocycles. The SMILES string of the molecule is O=C(O)c1ccc(C(F)(F)F)cc1C(=O)C(F)F. The number of carboxylic acids is 1. The molecule has 0 radical (unpaired) electrons. The number of carbonyl (C=O) groups excluding carboxylic acids is 1. The molecule has 1 N–H and O–H groups in total. The minimum Gasteiger partial charge on any atom is -0.478 e. The Morgan fingerprint density at radius 3 is 2.06 bits per heavy atom. The Morgan fingerprint density at radius 2 is 1.67 bits per heavy atom. The summed E-state index contributed by atoms with van der Waals surface area (Å²) in [6, 6.07) is 0.990. The standard InChI is InChI=1S/C10H5F5O3/c11-8(12)7(16)6-3-4(10(13,14)15)1-2-5(6)9(17)18/h1-3,8H,(H,17,18). The summed E-state index contributed by atoms with van der Waals surface area (Å²) in [4.78, 5) is 21.6. The average molecular weight is 268 g/mol. The van der Waals surface area contributed by atoms with Crippen LogP contribution in [0.15, 0.2) is 18.2 Å². The number of aromatic carboxylic acids is 1. The molecule has 0 saturated carbocycles. The number of Topliss-reactive ketones (excluding diaryl/α,β-unsaturated/α-hetero) is 1. The van der Waals surface area contributed by atoms with Crippen molar-refractivity contribution in [3.8, 4) is 0 Å². The summed E-state index contributed by atoms with van der Waals surface area (Å²) in [5, 5.41) is 8.61. The maximum Gasteiger partial charge on any atom is 0.416 e. The van der Waals surface area contributed by atoms with Gasteiger partial charge in [-0.25, -0.2) is 13.6 Å². The van der Waals surface area contributed by atoms with Crippen LogP contribution in [0.1, 0.15) is 26.3 Å². The number of alkyl halides is 5. The van der Waals surface area contributed by atoms with Gasteiger partial charge in [-0.1, -0.05) is 0 Å². The van der Waals surface area contributed by atoms with Crippen LogP contribution in [0.3, 0.4) is 0 Å². The van der Waals surface area contributed by atoms with Gasteiger partial charge < -0.3 is 5.11 Å². The van der Waals surface area contributed by atoms with E-state index >= 15 is 0 Å². The number of halogens is 5. The van der Waals surface area contributed by atoms with Crippen molar-refractivity contribution in [2.45, 2.75) is 12.6 Å². The number of carbonyl (C=O) groups is 2. The highest BCUT2D eigenvalue weighted by Gasteiger charge is 2.33. The van der Waals surface area contributed by atoms with Gasteiger partial charge >= 0.3 is 18.6 Å². The van der Waals surface area contributed by atoms with E-state index in [0.29, 0.717) is 12.1 Å². The van der Waals surface area contributed by atoms with Crippen LogP contribution in [-0.4, -0.2) is 23.3 Å². The number of benzene rings is 1. The van der Waals surface area contributed by atoms with Gasteiger partial charge in [0.15, 0.2) is 0 Å². The molecular formula is C10H5F5O3. The van der Waals surface area contributed by atoms with Crippen molar-refractivity contribution < 1.29 is 36.6 Å². The van der Waals surface area contributed by atoms with E-state index in [0.717, 1.165) is 0 Å². The van der Waals surface area contributed by atoms with Gasteiger partial charge in [-0.05, 0) is 18.2 Å². The summed E-state index contributed by atoms with van der Waals surface area (Å²) in [5.74, 6) is -3.72. The van der Waals surface area contributed by atoms with Crippen LogP contribution in [0.4, 0.5) is 22.0 Å². The lowest BCUT2D eigenvalue weighted by atomic mass is 10.0. The molecule has 8 heteroatoms. The van der Waals surface area contributed by atoms with Gasteiger partial charge in [0, 0.05) is 5.56 Å². The van der Waals surface area contributed by atoms with Crippen molar-refractivity contribution in [2.24, 2.45) is 0 Å². The second-order valence-corrected chi connectivity index (χ2v) is 3.23. The normalized spacial score (nSPS) is 11.7. The van der Waals surface area contributed by atoms with Crippen LogP contribution < -0.4 is 0 Å². The van der Waals surface area contributed by atoms with E-state index < -0.39 is 41.0 Å². The summed E-state index contributed by atoms with van der Waals surface area (Å²) in [6.45, 7) is 0. The predicted molar refractivity (Wildman–Crippen MR) is 48.7 cm³/mol. The molecule has 1 aromatic rings. The van der Waals surface area contributed by atoms with Gasteiger partial charge in [-0.2, -0.15) is 13.2 Å². The van der Waals surface area contributed by atoms with Gasteiger partial charge in [0.1, 0.15) is 0 Å². The van der Waals surface area contributed by atoms with Crippen LogP contribution in [0, 0.1) is 0 Å². The molecule has 1 rings (SSSR count). The van der Waals surface area contributed by atoms with Crippen LogP contribution in [0.5, 0.6) is 0 Å². The fourth-order valence-electron chi connectivity index (χ4n) is 1.23. The third kappa shape index (κ3) is 2.82. The first-order chi connectivity index (χ1) is 8.14. The Labute approximate surface area is 96.8 Å². The molecule has 98 valence electrons. The second kappa shape index (κ2) is 4.71. The molecule has 0 saturated heterocycles. The summed E-state index contributed by atoms with van der Waals surface area (Å²) in [5.41, 5.74) is -3.42. The van der Waals surface area contributed by atoms with Gasteiger partial charge in [-0.15, -0.1) is 0 Å². The van der Waals surface area contributed by atoms with Crippen LogP contribution in [0.2, 0.25) is 0 Å². The number of carboxylic acid groups (broad SMARTS) is 1. The van der Waals surface area contributed by atoms with E-state index in [1.54, 1.807) is 0 Å². The number of ketones is 1. The monoisotopic (exact) mass is 268 g/mol. The second-order valence-electron chi connectivity index (χ2n) is 3.23. The smallest absolute Gasteiger partial charge is 0.416 e. The molecule has 0 atom stereocenters. The molecule has 0 aromatic heterocycles. The molecule has 0 fully saturated rings. The molecule has 0 aliphatic rings. The fourth-order valence-corrected chi connectivity index (χ4v) is 1.23. The highest BCUT2D eigenvalue weighted by molar-refractivity contribution is 6.07. The van der Waals surface area contributed by atoms with Crippen molar-refractivity contribution in [2.75, 3.05) is 0 Å².